The van der Waals surface area contributed by atoms with Crippen LogP contribution in [-0.2, 0) is 9.53 Å². The minimum absolute atomic E-state index is 0.198. The number of esters is 1. The Hall–Kier alpha value is -1.51. The van der Waals surface area contributed by atoms with Crippen molar-refractivity contribution >= 4 is 11.7 Å². The molecule has 18 heavy (non-hydrogen) atoms. The Kier molecular flexibility index (Phi) is 4.76. The van der Waals surface area contributed by atoms with Gasteiger partial charge in [-0.15, -0.1) is 0 Å². The van der Waals surface area contributed by atoms with Gasteiger partial charge in [0.25, 0.3) is 0 Å². The quantitative estimate of drug-likeness (QED) is 0.831. The minimum Gasteiger partial charge on any atom is -0.464 e. The Morgan fingerprint density at radius 1 is 1.39 bits per heavy atom. The molecule has 0 aliphatic rings. The first-order chi connectivity index (χ1) is 8.34. The molecule has 0 amide bonds. The lowest BCUT2D eigenvalue weighted by Crippen LogP contribution is -2.42. The molecule has 0 bridgehead atoms. The van der Waals surface area contributed by atoms with Gasteiger partial charge in [-0.2, -0.15) is 0 Å². The maximum absolute atomic E-state index is 12.0. The molecule has 100 valence electrons. The van der Waals surface area contributed by atoms with E-state index in [0.717, 1.165) is 11.3 Å². The number of carbonyl (C=O) groups excluding carboxylic acids is 1. The highest BCUT2D eigenvalue weighted by atomic mass is 16.5. The van der Waals surface area contributed by atoms with Crippen LogP contribution < -0.4 is 5.32 Å². The molecule has 3 heteroatoms. The molecular weight excluding hydrogens is 226 g/mol. The third-order valence-electron chi connectivity index (χ3n) is 2.72. The van der Waals surface area contributed by atoms with Crippen molar-refractivity contribution in [2.45, 2.75) is 40.7 Å². The van der Waals surface area contributed by atoms with E-state index in [-0.39, 0.29) is 17.4 Å². The van der Waals surface area contributed by atoms with Crippen molar-refractivity contribution in [2.75, 3.05) is 11.9 Å². The molecule has 0 heterocycles. The first kappa shape index (κ1) is 14.6. The summed E-state index contributed by atoms with van der Waals surface area (Å²) in [5.41, 5.74) is 1.91. The van der Waals surface area contributed by atoms with Gasteiger partial charge in [-0.25, -0.2) is 4.79 Å². The molecule has 1 aromatic carbocycles. The smallest absolute Gasteiger partial charge is 0.329 e. The summed E-state index contributed by atoms with van der Waals surface area (Å²) in [7, 11) is 0. The number of benzene rings is 1. The zero-order valence-electron chi connectivity index (χ0n) is 11.9. The van der Waals surface area contributed by atoms with Crippen LogP contribution in [0.4, 0.5) is 5.69 Å². The summed E-state index contributed by atoms with van der Waals surface area (Å²) in [6.45, 7) is 10.3. The van der Waals surface area contributed by atoms with E-state index in [1.54, 1.807) is 0 Å². The van der Waals surface area contributed by atoms with Crippen LogP contribution in [0.2, 0.25) is 0 Å². The molecule has 0 spiro atoms. The molecular formula is C15H23NO2. The van der Waals surface area contributed by atoms with Gasteiger partial charge in [0.05, 0.1) is 6.61 Å². The van der Waals surface area contributed by atoms with Crippen LogP contribution >= 0.6 is 0 Å². The Bertz CT molecular complexity index is 407. The number of hydrogen-bond acceptors (Lipinski definition) is 3. The molecule has 1 rings (SSSR count). The van der Waals surface area contributed by atoms with Crippen molar-refractivity contribution in [1.82, 2.24) is 0 Å². The lowest BCUT2D eigenvalue weighted by Gasteiger charge is -2.30. The molecule has 0 saturated heterocycles. The van der Waals surface area contributed by atoms with Crippen molar-refractivity contribution in [1.29, 1.82) is 0 Å². The molecule has 1 atom stereocenters. The summed E-state index contributed by atoms with van der Waals surface area (Å²) < 4.78 is 5.13. The summed E-state index contributed by atoms with van der Waals surface area (Å²) >= 11 is 0. The summed E-state index contributed by atoms with van der Waals surface area (Å²) in [6, 6.07) is 7.65. The molecule has 1 unspecified atom stereocenters. The summed E-state index contributed by atoms with van der Waals surface area (Å²) in [4.78, 5) is 12.0. The fourth-order valence-electron chi connectivity index (χ4n) is 1.76. The van der Waals surface area contributed by atoms with E-state index < -0.39 is 0 Å². The average Bonchev–Trinajstić information content (AvgIpc) is 2.24. The number of carbonyl (C=O) groups is 1. The molecule has 3 nitrogen and oxygen atoms in total. The maximum atomic E-state index is 12.0. The third kappa shape index (κ3) is 4.06. The van der Waals surface area contributed by atoms with Crippen molar-refractivity contribution in [2.24, 2.45) is 5.41 Å². The number of rotatable bonds is 4. The second-order valence-corrected chi connectivity index (χ2v) is 5.56. The van der Waals surface area contributed by atoms with E-state index in [9.17, 15) is 4.79 Å². The molecule has 0 aliphatic carbocycles. The van der Waals surface area contributed by atoms with Gasteiger partial charge >= 0.3 is 5.97 Å². The van der Waals surface area contributed by atoms with Crippen molar-refractivity contribution < 1.29 is 9.53 Å². The van der Waals surface area contributed by atoms with E-state index in [2.05, 4.69) is 5.32 Å². The summed E-state index contributed by atoms with van der Waals surface area (Å²) in [5, 5.41) is 3.27. The highest BCUT2D eigenvalue weighted by Gasteiger charge is 2.32. The first-order valence-corrected chi connectivity index (χ1v) is 6.34. The van der Waals surface area contributed by atoms with Crippen LogP contribution in [0, 0.1) is 12.3 Å². The van der Waals surface area contributed by atoms with E-state index in [1.165, 1.54) is 0 Å². The Balaban J connectivity index is 2.89. The van der Waals surface area contributed by atoms with E-state index in [4.69, 9.17) is 4.74 Å². The molecule has 1 aromatic rings. The van der Waals surface area contributed by atoms with Gasteiger partial charge in [-0.05, 0) is 37.0 Å². The van der Waals surface area contributed by atoms with Gasteiger partial charge in [0.15, 0.2) is 0 Å². The number of hydrogen-bond donors (Lipinski definition) is 1. The second kappa shape index (κ2) is 5.89. The Labute approximate surface area is 110 Å². The summed E-state index contributed by atoms with van der Waals surface area (Å²) in [5.74, 6) is -0.202. The number of anilines is 1. The van der Waals surface area contributed by atoms with Gasteiger partial charge < -0.3 is 10.1 Å². The van der Waals surface area contributed by atoms with Gasteiger partial charge in [-0.1, -0.05) is 32.9 Å². The third-order valence-corrected chi connectivity index (χ3v) is 2.72. The molecule has 0 saturated carbocycles. The Morgan fingerprint density at radius 2 is 2.06 bits per heavy atom. The lowest BCUT2D eigenvalue weighted by molar-refractivity contribution is -0.146. The Morgan fingerprint density at radius 3 is 2.56 bits per heavy atom. The average molecular weight is 249 g/mol. The van der Waals surface area contributed by atoms with Gasteiger partial charge in [0.1, 0.15) is 6.04 Å². The predicted octanol–water partition coefficient (Wildman–Crippen LogP) is 3.38. The number of ether oxygens (including phenoxy) is 1. The second-order valence-electron chi connectivity index (χ2n) is 5.56. The fourth-order valence-corrected chi connectivity index (χ4v) is 1.76. The zero-order valence-corrected chi connectivity index (χ0v) is 11.9. The van der Waals surface area contributed by atoms with Gasteiger partial charge in [0.2, 0.25) is 0 Å². The van der Waals surface area contributed by atoms with Crippen molar-refractivity contribution in [3.63, 3.8) is 0 Å². The van der Waals surface area contributed by atoms with Crippen LogP contribution in [0.25, 0.3) is 0 Å². The highest BCUT2D eigenvalue weighted by molar-refractivity contribution is 5.80. The highest BCUT2D eigenvalue weighted by Crippen LogP contribution is 2.24. The standard InChI is InChI=1S/C15H23NO2/c1-6-18-14(17)13(15(3,4)5)16-12-9-7-8-11(2)10-12/h7-10,13,16H,6H2,1-5H3. The predicted molar refractivity (Wildman–Crippen MR) is 74.7 cm³/mol. The van der Waals surface area contributed by atoms with E-state index in [1.807, 2.05) is 58.9 Å². The number of nitrogens with one attached hydrogen (secondary N) is 1. The van der Waals surface area contributed by atoms with Crippen LogP contribution in [-0.4, -0.2) is 18.6 Å². The first-order valence-electron chi connectivity index (χ1n) is 6.34. The maximum Gasteiger partial charge on any atom is 0.329 e. The van der Waals surface area contributed by atoms with Crippen molar-refractivity contribution in [3.8, 4) is 0 Å². The summed E-state index contributed by atoms with van der Waals surface area (Å²) in [6.07, 6.45) is 0. The molecule has 0 radical (unpaired) electrons. The molecule has 0 aromatic heterocycles. The molecule has 0 fully saturated rings. The van der Waals surface area contributed by atoms with Crippen LogP contribution in [0.5, 0.6) is 0 Å². The SMILES string of the molecule is CCOC(=O)C(Nc1cccc(C)c1)C(C)(C)C. The zero-order chi connectivity index (χ0) is 13.8. The van der Waals surface area contributed by atoms with Crippen molar-refractivity contribution in [3.05, 3.63) is 29.8 Å². The molecule has 1 N–H and O–H groups in total. The number of aryl methyl sites for hydroxylation is 1. The van der Waals surface area contributed by atoms with E-state index >= 15 is 0 Å². The minimum atomic E-state index is -0.348. The normalized spacial score (nSPS) is 12.9. The van der Waals surface area contributed by atoms with Crippen LogP contribution in [0.3, 0.4) is 0 Å². The van der Waals surface area contributed by atoms with E-state index in [0.29, 0.717) is 6.61 Å². The lowest BCUT2D eigenvalue weighted by atomic mass is 9.86. The van der Waals surface area contributed by atoms with Gasteiger partial charge in [0, 0.05) is 5.69 Å². The van der Waals surface area contributed by atoms with Crippen LogP contribution in [0.15, 0.2) is 24.3 Å². The topological polar surface area (TPSA) is 38.3 Å². The fraction of sp³-hybridized carbons (Fsp3) is 0.533. The largest absolute Gasteiger partial charge is 0.464 e. The molecule has 0 aliphatic heterocycles. The van der Waals surface area contributed by atoms with Gasteiger partial charge in [-0.3, -0.25) is 0 Å². The monoisotopic (exact) mass is 249 g/mol. The van der Waals surface area contributed by atoms with Crippen LogP contribution in [0.1, 0.15) is 33.3 Å².